The van der Waals surface area contributed by atoms with Gasteiger partial charge in [-0.05, 0) is 6.07 Å². The summed E-state index contributed by atoms with van der Waals surface area (Å²) >= 11 is 0. The van der Waals surface area contributed by atoms with Crippen molar-refractivity contribution in [2.45, 2.75) is 19.0 Å². The molecule has 0 aliphatic heterocycles. The van der Waals surface area contributed by atoms with E-state index in [1.165, 1.54) is 10.9 Å². The van der Waals surface area contributed by atoms with Crippen LogP contribution in [-0.2, 0) is 25.7 Å². The van der Waals surface area contributed by atoms with E-state index in [9.17, 15) is 14.4 Å². The third-order valence-electron chi connectivity index (χ3n) is 2.10. The Bertz CT molecular complexity index is 429. The van der Waals surface area contributed by atoms with Crippen LogP contribution in [0.1, 0.15) is 6.42 Å². The summed E-state index contributed by atoms with van der Waals surface area (Å²) in [6, 6.07) is 0.330. The number of nitrogens with zero attached hydrogens (tertiary/aromatic N) is 2. The lowest BCUT2D eigenvalue weighted by Crippen LogP contribution is -2.43. The molecule has 1 amide bonds. The van der Waals surface area contributed by atoms with Crippen LogP contribution in [0.25, 0.3) is 0 Å². The molecule has 1 atom stereocenters. The molecule has 0 bridgehead atoms. The van der Waals surface area contributed by atoms with Crippen LogP contribution < -0.4 is 5.32 Å². The molecule has 18 heavy (non-hydrogen) atoms. The maximum Gasteiger partial charge on any atom is 0.326 e. The van der Waals surface area contributed by atoms with Gasteiger partial charge in [0.05, 0.1) is 13.5 Å². The zero-order valence-electron chi connectivity index (χ0n) is 9.70. The highest BCUT2D eigenvalue weighted by molar-refractivity contribution is 5.87. The van der Waals surface area contributed by atoms with Crippen LogP contribution in [-0.4, -0.2) is 45.9 Å². The molecule has 1 aromatic heterocycles. The monoisotopic (exact) mass is 255 g/mol. The predicted octanol–water partition coefficient (Wildman–Crippen LogP) is -0.984. The Morgan fingerprint density at radius 3 is 2.72 bits per heavy atom. The minimum atomic E-state index is -1.31. The van der Waals surface area contributed by atoms with Crippen LogP contribution >= 0.6 is 0 Å². The molecule has 0 fully saturated rings. The molecule has 0 unspecified atom stereocenters. The highest BCUT2D eigenvalue weighted by atomic mass is 16.5. The number of rotatable bonds is 6. The van der Waals surface area contributed by atoms with Crippen molar-refractivity contribution in [2.24, 2.45) is 0 Å². The molecule has 98 valence electrons. The quantitative estimate of drug-likeness (QED) is 0.632. The highest BCUT2D eigenvalue weighted by Gasteiger charge is 2.23. The molecule has 1 aromatic rings. The second-order valence-corrected chi connectivity index (χ2v) is 3.44. The number of carboxylic acids is 1. The summed E-state index contributed by atoms with van der Waals surface area (Å²) in [4.78, 5) is 33.3. The molecule has 8 heteroatoms. The van der Waals surface area contributed by atoms with Crippen LogP contribution in [0, 0.1) is 0 Å². The van der Waals surface area contributed by atoms with Gasteiger partial charge in [0.25, 0.3) is 0 Å². The third kappa shape index (κ3) is 4.24. The molecule has 2 N–H and O–H groups in total. The summed E-state index contributed by atoms with van der Waals surface area (Å²) in [7, 11) is 1.15. The van der Waals surface area contributed by atoms with E-state index in [1.807, 2.05) is 0 Å². The lowest BCUT2D eigenvalue weighted by molar-refractivity contribution is -0.148. The van der Waals surface area contributed by atoms with E-state index in [4.69, 9.17) is 5.11 Å². The van der Waals surface area contributed by atoms with E-state index in [1.54, 1.807) is 12.3 Å². The van der Waals surface area contributed by atoms with Crippen molar-refractivity contribution in [3.63, 3.8) is 0 Å². The first kappa shape index (κ1) is 13.7. The maximum absolute atomic E-state index is 11.5. The topological polar surface area (TPSA) is 111 Å². The summed E-state index contributed by atoms with van der Waals surface area (Å²) in [5.41, 5.74) is 0. The number of hydrogen-bond acceptors (Lipinski definition) is 5. The van der Waals surface area contributed by atoms with Crippen molar-refractivity contribution < 1.29 is 24.2 Å². The van der Waals surface area contributed by atoms with Crippen LogP contribution in [0.4, 0.5) is 0 Å². The van der Waals surface area contributed by atoms with Gasteiger partial charge < -0.3 is 15.2 Å². The summed E-state index contributed by atoms with van der Waals surface area (Å²) in [6.07, 6.45) is 2.64. The van der Waals surface area contributed by atoms with E-state index in [2.05, 4.69) is 15.2 Å². The molecule has 1 rings (SSSR count). The van der Waals surface area contributed by atoms with Crippen molar-refractivity contribution in [1.29, 1.82) is 0 Å². The van der Waals surface area contributed by atoms with Crippen LogP contribution in [0.2, 0.25) is 0 Å². The van der Waals surface area contributed by atoms with E-state index < -0.39 is 30.3 Å². The van der Waals surface area contributed by atoms with Gasteiger partial charge in [-0.15, -0.1) is 0 Å². The number of carbonyl (C=O) groups excluding carboxylic acids is 2. The van der Waals surface area contributed by atoms with E-state index in [0.29, 0.717) is 0 Å². The normalized spacial score (nSPS) is 11.6. The second kappa shape index (κ2) is 6.38. The average molecular weight is 255 g/mol. The van der Waals surface area contributed by atoms with Crippen molar-refractivity contribution in [2.75, 3.05) is 7.11 Å². The fourth-order valence-corrected chi connectivity index (χ4v) is 1.23. The fourth-order valence-electron chi connectivity index (χ4n) is 1.23. The molecule has 0 aromatic carbocycles. The molecule has 0 aliphatic rings. The Kier molecular flexibility index (Phi) is 4.85. The van der Waals surface area contributed by atoms with Crippen molar-refractivity contribution in [3.05, 3.63) is 18.5 Å². The molecule has 0 saturated carbocycles. The van der Waals surface area contributed by atoms with Crippen LogP contribution in [0.3, 0.4) is 0 Å². The number of hydrogen-bond donors (Lipinski definition) is 2. The first-order valence-electron chi connectivity index (χ1n) is 5.09. The van der Waals surface area contributed by atoms with Gasteiger partial charge in [-0.3, -0.25) is 14.3 Å². The van der Waals surface area contributed by atoms with Gasteiger partial charge in [-0.2, -0.15) is 5.10 Å². The maximum atomic E-state index is 11.5. The number of nitrogens with one attached hydrogen (secondary N) is 1. The van der Waals surface area contributed by atoms with Crippen molar-refractivity contribution in [1.82, 2.24) is 15.1 Å². The molecular weight excluding hydrogens is 242 g/mol. The molecule has 1 heterocycles. The number of aromatic nitrogens is 2. The number of carbonyl (C=O) groups is 3. The first-order chi connectivity index (χ1) is 8.52. The van der Waals surface area contributed by atoms with Gasteiger partial charge in [0, 0.05) is 12.4 Å². The molecule has 8 nitrogen and oxygen atoms in total. The van der Waals surface area contributed by atoms with Gasteiger partial charge in [-0.1, -0.05) is 0 Å². The minimum absolute atomic E-state index is 0.113. The number of ether oxygens (including phenoxy) is 1. The summed E-state index contributed by atoms with van der Waals surface area (Å²) in [6.45, 7) is -0.113. The number of methoxy groups -OCH3 is 1. The number of esters is 1. The van der Waals surface area contributed by atoms with E-state index in [0.717, 1.165) is 7.11 Å². The summed E-state index contributed by atoms with van der Waals surface area (Å²) in [5.74, 6) is -2.55. The molecule has 0 saturated heterocycles. The number of carboxylic acid groups (broad SMARTS) is 1. The largest absolute Gasteiger partial charge is 0.480 e. The molecule has 0 spiro atoms. The summed E-state index contributed by atoms with van der Waals surface area (Å²) < 4.78 is 5.69. The van der Waals surface area contributed by atoms with Gasteiger partial charge >= 0.3 is 11.9 Å². The first-order valence-corrected chi connectivity index (χ1v) is 5.09. The summed E-state index contributed by atoms with van der Waals surface area (Å²) in [5, 5.41) is 14.9. The van der Waals surface area contributed by atoms with Gasteiger partial charge in [0.2, 0.25) is 5.91 Å². The highest BCUT2D eigenvalue weighted by Crippen LogP contribution is 1.96. The van der Waals surface area contributed by atoms with Gasteiger partial charge in [0.15, 0.2) is 0 Å². The Labute approximate surface area is 103 Å². The Morgan fingerprint density at radius 2 is 2.22 bits per heavy atom. The van der Waals surface area contributed by atoms with E-state index in [-0.39, 0.29) is 6.54 Å². The average Bonchev–Trinajstić information content (AvgIpc) is 2.80. The Balaban J connectivity index is 2.52. The molecular formula is C10H13N3O5. The Morgan fingerprint density at radius 1 is 1.50 bits per heavy atom. The Hall–Kier alpha value is -2.38. The fraction of sp³-hybridized carbons (Fsp3) is 0.400. The molecule has 0 radical (unpaired) electrons. The zero-order valence-corrected chi connectivity index (χ0v) is 9.70. The zero-order chi connectivity index (χ0) is 13.5. The predicted molar refractivity (Wildman–Crippen MR) is 58.4 cm³/mol. The second-order valence-electron chi connectivity index (χ2n) is 3.44. The van der Waals surface area contributed by atoms with Crippen molar-refractivity contribution in [3.8, 4) is 0 Å². The lowest BCUT2D eigenvalue weighted by Gasteiger charge is -2.13. The minimum Gasteiger partial charge on any atom is -0.480 e. The smallest absolute Gasteiger partial charge is 0.326 e. The van der Waals surface area contributed by atoms with Crippen molar-refractivity contribution >= 4 is 17.8 Å². The van der Waals surface area contributed by atoms with Gasteiger partial charge in [-0.25, -0.2) is 4.79 Å². The van der Waals surface area contributed by atoms with Crippen LogP contribution in [0.15, 0.2) is 18.5 Å². The third-order valence-corrected chi connectivity index (χ3v) is 2.10. The number of amides is 1. The number of aliphatic carboxylic acids is 1. The SMILES string of the molecule is COC(=O)C[C@H](NC(=O)Cn1cccn1)C(=O)O. The lowest BCUT2D eigenvalue weighted by atomic mass is 10.2. The van der Waals surface area contributed by atoms with Gasteiger partial charge in [0.1, 0.15) is 12.6 Å². The molecule has 0 aliphatic carbocycles. The van der Waals surface area contributed by atoms with E-state index >= 15 is 0 Å². The van der Waals surface area contributed by atoms with Crippen LogP contribution in [0.5, 0.6) is 0 Å². The standard InChI is InChI=1S/C10H13N3O5/c1-18-9(15)5-7(10(16)17)12-8(14)6-13-4-2-3-11-13/h2-4,7H,5-6H2,1H3,(H,12,14)(H,16,17)/t7-/m0/s1.